The number of methoxy groups -OCH3 is 1. The maximum absolute atomic E-state index is 13.3. The number of unbranched alkanes of at least 4 members (excludes halogenated alkanes) is 13. The first-order chi connectivity index (χ1) is 19.7. The average Bonchev–Trinajstić information content (AvgIpc) is 2.93. The number of aromatic hydroxyl groups is 1. The Morgan fingerprint density at radius 3 is 1.98 bits per heavy atom. The molecule has 0 saturated heterocycles. The minimum Gasteiger partial charge on any atom is -0.506 e. The Labute approximate surface area is 248 Å². The van der Waals surface area contributed by atoms with Crippen LogP contribution in [0, 0.1) is 6.92 Å². The fourth-order valence-electron chi connectivity index (χ4n) is 4.65. The number of nitrogens with one attached hydrogen (secondary N) is 1. The van der Waals surface area contributed by atoms with Crippen LogP contribution in [0.3, 0.4) is 0 Å². The Balaban J connectivity index is 1.80. The highest BCUT2D eigenvalue weighted by Gasteiger charge is 2.23. The van der Waals surface area contributed by atoms with Crippen LogP contribution in [-0.4, -0.2) is 33.5 Å². The third-order valence-electron chi connectivity index (χ3n) is 7.18. The molecule has 0 aliphatic rings. The van der Waals surface area contributed by atoms with Crippen LogP contribution in [0.5, 0.6) is 17.2 Å². The zero-order chi connectivity index (χ0) is 30.1. The van der Waals surface area contributed by atoms with Crippen molar-refractivity contribution in [3.05, 3.63) is 35.9 Å². The highest BCUT2D eigenvalue weighted by Crippen LogP contribution is 2.35. The van der Waals surface area contributed by atoms with Crippen molar-refractivity contribution in [1.82, 2.24) is 0 Å². The number of aryl methyl sites for hydroxylation is 1. The highest BCUT2D eigenvalue weighted by atomic mass is 32.2. The summed E-state index contributed by atoms with van der Waals surface area (Å²) in [6, 6.07) is 7.32. The van der Waals surface area contributed by atoms with Crippen LogP contribution in [0.4, 0.5) is 11.4 Å². The molecule has 0 spiro atoms. The number of phenolic OH excluding ortho intramolecular Hbond substituents is 1. The summed E-state index contributed by atoms with van der Waals surface area (Å²) < 4.78 is 45.6. The molecule has 0 aliphatic heterocycles. The zero-order valence-corrected chi connectivity index (χ0v) is 26.4. The van der Waals surface area contributed by atoms with Crippen molar-refractivity contribution in [3.8, 4) is 17.2 Å². The summed E-state index contributed by atoms with van der Waals surface area (Å²) in [6.45, 7) is 6.25. The molecule has 1 atom stereocenters. The van der Waals surface area contributed by atoms with Gasteiger partial charge in [-0.15, -0.1) is 0 Å². The van der Waals surface area contributed by atoms with E-state index in [9.17, 15) is 13.5 Å². The van der Waals surface area contributed by atoms with Gasteiger partial charge in [0.25, 0.3) is 10.0 Å². The molecular formula is C32H52N2O6S. The van der Waals surface area contributed by atoms with Crippen LogP contribution in [0.2, 0.25) is 0 Å². The number of benzene rings is 2. The van der Waals surface area contributed by atoms with Crippen molar-refractivity contribution < 1.29 is 27.7 Å². The fourth-order valence-corrected chi connectivity index (χ4v) is 5.88. The molecule has 0 fully saturated rings. The number of ether oxygens (including phenoxy) is 3. The van der Waals surface area contributed by atoms with Crippen LogP contribution in [-0.2, 0) is 14.8 Å². The third-order valence-corrected chi connectivity index (χ3v) is 8.56. The zero-order valence-electron chi connectivity index (χ0n) is 25.5. The molecule has 2 rings (SSSR count). The van der Waals surface area contributed by atoms with E-state index in [1.54, 1.807) is 13.0 Å². The van der Waals surface area contributed by atoms with Gasteiger partial charge in [-0.25, -0.2) is 8.42 Å². The average molecular weight is 593 g/mol. The summed E-state index contributed by atoms with van der Waals surface area (Å²) in [5.41, 5.74) is 6.85. The van der Waals surface area contributed by atoms with E-state index in [2.05, 4.69) is 11.6 Å². The van der Waals surface area contributed by atoms with Gasteiger partial charge in [0.05, 0.1) is 12.3 Å². The first-order valence-electron chi connectivity index (χ1n) is 15.3. The van der Waals surface area contributed by atoms with E-state index in [1.807, 2.05) is 6.92 Å². The first kappa shape index (κ1) is 34.6. The number of nitrogens with two attached hydrogens (primary N) is 1. The summed E-state index contributed by atoms with van der Waals surface area (Å²) in [7, 11) is -2.69. The fraction of sp³-hybridized carbons (Fsp3) is 0.625. The molecule has 0 bridgehead atoms. The van der Waals surface area contributed by atoms with Crippen LogP contribution < -0.4 is 19.9 Å². The number of hydrogen-bond acceptors (Lipinski definition) is 7. The Hall–Kier alpha value is -2.65. The normalized spacial score (nSPS) is 12.3. The topological polar surface area (TPSA) is 120 Å². The van der Waals surface area contributed by atoms with E-state index < -0.39 is 16.3 Å². The van der Waals surface area contributed by atoms with Crippen LogP contribution >= 0.6 is 0 Å². The number of nitrogen functional groups attached to an aromatic ring is 1. The molecule has 0 saturated carbocycles. The number of anilines is 2. The highest BCUT2D eigenvalue weighted by molar-refractivity contribution is 7.92. The molecule has 0 aliphatic carbocycles. The maximum Gasteiger partial charge on any atom is 0.265 e. The van der Waals surface area contributed by atoms with Gasteiger partial charge in [-0.2, -0.15) is 0 Å². The van der Waals surface area contributed by atoms with Crippen molar-refractivity contribution in [1.29, 1.82) is 0 Å². The lowest BCUT2D eigenvalue weighted by Gasteiger charge is -2.18. The number of hydrogen-bond donors (Lipinski definition) is 3. The minimum atomic E-state index is -4.15. The lowest BCUT2D eigenvalue weighted by Crippen LogP contribution is -2.19. The van der Waals surface area contributed by atoms with Crippen molar-refractivity contribution in [2.24, 2.45) is 0 Å². The second kappa shape index (κ2) is 18.7. The molecule has 2 aromatic rings. The van der Waals surface area contributed by atoms with Crippen LogP contribution in [0.15, 0.2) is 35.2 Å². The number of phenols is 1. The third kappa shape index (κ3) is 12.8. The van der Waals surface area contributed by atoms with E-state index in [0.717, 1.165) is 18.4 Å². The quantitative estimate of drug-likeness (QED) is 0.0544. The Morgan fingerprint density at radius 2 is 1.41 bits per heavy atom. The van der Waals surface area contributed by atoms with E-state index >= 15 is 0 Å². The SMILES string of the molecule is CCCCCCCCCCCCCCCCOc1cc(NS(=O)(=O)c2cc(N)ccc2OC(C)OC)c(O)cc1C. The summed E-state index contributed by atoms with van der Waals surface area (Å²) >= 11 is 0. The van der Waals surface area contributed by atoms with Crippen molar-refractivity contribution >= 4 is 21.4 Å². The molecule has 0 radical (unpaired) electrons. The molecular weight excluding hydrogens is 540 g/mol. The largest absolute Gasteiger partial charge is 0.506 e. The van der Waals surface area contributed by atoms with Gasteiger partial charge in [0.2, 0.25) is 0 Å². The van der Waals surface area contributed by atoms with E-state index in [0.29, 0.717) is 12.4 Å². The summed E-state index contributed by atoms with van der Waals surface area (Å²) in [4.78, 5) is -0.161. The molecule has 232 valence electrons. The standard InChI is InChI=1S/C32H52N2O6S/c1-5-6-7-8-9-10-11-12-13-14-15-16-17-18-21-39-31-24-28(29(35)22-25(31)2)34-41(36,37)32-23-27(33)19-20-30(32)40-26(3)38-4/h19-20,22-24,26,34-35H,5-18,21,33H2,1-4H3. The molecule has 8 nitrogen and oxygen atoms in total. The molecule has 2 aromatic carbocycles. The lowest BCUT2D eigenvalue weighted by atomic mass is 10.0. The van der Waals surface area contributed by atoms with Crippen molar-refractivity contribution in [2.45, 2.75) is 122 Å². The van der Waals surface area contributed by atoms with Gasteiger partial charge in [0.15, 0.2) is 6.29 Å². The predicted molar refractivity (Wildman–Crippen MR) is 167 cm³/mol. The van der Waals surface area contributed by atoms with Crippen LogP contribution in [0.25, 0.3) is 0 Å². The smallest absolute Gasteiger partial charge is 0.265 e. The van der Waals surface area contributed by atoms with Gasteiger partial charge >= 0.3 is 0 Å². The Bertz CT molecular complexity index is 1140. The van der Waals surface area contributed by atoms with Gasteiger partial charge in [0, 0.05) is 18.9 Å². The first-order valence-corrected chi connectivity index (χ1v) is 16.7. The monoisotopic (exact) mass is 592 g/mol. The van der Waals surface area contributed by atoms with E-state index in [1.165, 1.54) is 108 Å². The molecule has 4 N–H and O–H groups in total. The molecule has 1 unspecified atom stereocenters. The molecule has 41 heavy (non-hydrogen) atoms. The van der Waals surface area contributed by atoms with E-state index in [4.69, 9.17) is 19.9 Å². The minimum absolute atomic E-state index is 0.0136. The maximum atomic E-state index is 13.3. The lowest BCUT2D eigenvalue weighted by molar-refractivity contribution is -0.0399. The van der Waals surface area contributed by atoms with Crippen molar-refractivity contribution in [3.63, 3.8) is 0 Å². The van der Waals surface area contributed by atoms with Crippen molar-refractivity contribution in [2.75, 3.05) is 24.2 Å². The van der Waals surface area contributed by atoms with Gasteiger partial charge in [-0.3, -0.25) is 4.72 Å². The van der Waals surface area contributed by atoms with Gasteiger partial charge in [-0.05, 0) is 50.1 Å². The van der Waals surface area contributed by atoms with Gasteiger partial charge in [-0.1, -0.05) is 90.4 Å². The molecule has 0 aromatic heterocycles. The number of rotatable bonds is 22. The Kier molecular flexibility index (Phi) is 15.8. The van der Waals surface area contributed by atoms with Gasteiger partial charge in [0.1, 0.15) is 22.1 Å². The summed E-state index contributed by atoms with van der Waals surface area (Å²) in [5, 5.41) is 10.5. The second-order valence-electron chi connectivity index (χ2n) is 10.8. The summed E-state index contributed by atoms with van der Waals surface area (Å²) in [5.74, 6) is 0.403. The summed E-state index contributed by atoms with van der Waals surface area (Å²) in [6.07, 6.45) is 17.3. The Morgan fingerprint density at radius 1 is 0.854 bits per heavy atom. The molecule has 0 heterocycles. The molecule has 9 heteroatoms. The second-order valence-corrected chi connectivity index (χ2v) is 12.5. The number of sulfonamides is 1. The van der Waals surface area contributed by atoms with E-state index in [-0.39, 0.29) is 27.8 Å². The van der Waals surface area contributed by atoms with Gasteiger partial charge < -0.3 is 25.1 Å². The predicted octanol–water partition coefficient (Wildman–Crippen LogP) is 8.31. The van der Waals surface area contributed by atoms with Crippen LogP contribution in [0.1, 0.15) is 109 Å². The molecule has 0 amide bonds.